The lowest BCUT2D eigenvalue weighted by molar-refractivity contribution is -0.125. The Morgan fingerprint density at radius 1 is 1.21 bits per heavy atom. The minimum atomic E-state index is -0.614. The van der Waals surface area contributed by atoms with E-state index in [4.69, 9.17) is 5.73 Å². The predicted molar refractivity (Wildman–Crippen MR) is 81.0 cm³/mol. The summed E-state index contributed by atoms with van der Waals surface area (Å²) in [5, 5.41) is 6.51. The maximum atomic E-state index is 11.3. The molecule has 0 radical (unpaired) electrons. The summed E-state index contributed by atoms with van der Waals surface area (Å²) in [6.45, 7) is 12.1. The highest BCUT2D eigenvalue weighted by Crippen LogP contribution is 2.14. The minimum Gasteiger partial charge on any atom is -0.369 e. The van der Waals surface area contributed by atoms with Gasteiger partial charge >= 0.3 is 0 Å². The van der Waals surface area contributed by atoms with Crippen molar-refractivity contribution in [2.24, 2.45) is 22.1 Å². The van der Waals surface area contributed by atoms with Gasteiger partial charge in [0.05, 0.1) is 12.0 Å². The van der Waals surface area contributed by atoms with Gasteiger partial charge in [-0.3, -0.25) is 9.79 Å². The summed E-state index contributed by atoms with van der Waals surface area (Å²) in [7, 11) is 0. The SMILES string of the molecule is CCNC(=NCC(C)(C)C(N)=O)NCC(CC)CC. The van der Waals surface area contributed by atoms with Crippen LogP contribution in [0.1, 0.15) is 47.5 Å². The van der Waals surface area contributed by atoms with Crippen molar-refractivity contribution in [1.29, 1.82) is 0 Å². The molecule has 1 amide bonds. The molecule has 0 aliphatic rings. The molecule has 0 atom stereocenters. The fourth-order valence-corrected chi connectivity index (χ4v) is 1.51. The van der Waals surface area contributed by atoms with E-state index in [1.165, 1.54) is 0 Å². The van der Waals surface area contributed by atoms with Crippen molar-refractivity contribution >= 4 is 11.9 Å². The molecule has 0 unspecified atom stereocenters. The highest BCUT2D eigenvalue weighted by Gasteiger charge is 2.24. The Balaban J connectivity index is 4.50. The predicted octanol–water partition coefficient (Wildman–Crippen LogP) is 1.49. The number of hydrogen-bond acceptors (Lipinski definition) is 2. The van der Waals surface area contributed by atoms with Crippen LogP contribution in [0.2, 0.25) is 0 Å². The van der Waals surface area contributed by atoms with Crippen LogP contribution >= 0.6 is 0 Å². The van der Waals surface area contributed by atoms with Crippen molar-refractivity contribution in [2.45, 2.75) is 47.5 Å². The Kier molecular flexibility index (Phi) is 8.19. The molecule has 19 heavy (non-hydrogen) atoms. The van der Waals surface area contributed by atoms with E-state index >= 15 is 0 Å². The number of guanidine groups is 1. The Morgan fingerprint density at radius 3 is 2.21 bits per heavy atom. The lowest BCUT2D eigenvalue weighted by atomic mass is 9.93. The first-order valence-electron chi connectivity index (χ1n) is 7.19. The molecule has 0 bridgehead atoms. The Hall–Kier alpha value is -1.26. The summed E-state index contributed by atoms with van der Waals surface area (Å²) in [5.41, 5.74) is 4.73. The summed E-state index contributed by atoms with van der Waals surface area (Å²) in [4.78, 5) is 15.7. The maximum absolute atomic E-state index is 11.3. The highest BCUT2D eigenvalue weighted by atomic mass is 16.1. The van der Waals surface area contributed by atoms with E-state index in [1.807, 2.05) is 20.8 Å². The molecule has 0 saturated heterocycles. The van der Waals surface area contributed by atoms with Gasteiger partial charge in [0.15, 0.2) is 5.96 Å². The van der Waals surface area contributed by atoms with Gasteiger partial charge in [-0.25, -0.2) is 0 Å². The molecule has 5 heteroatoms. The van der Waals surface area contributed by atoms with Gasteiger partial charge in [-0.2, -0.15) is 0 Å². The molecule has 0 aliphatic heterocycles. The lowest BCUT2D eigenvalue weighted by Crippen LogP contribution is -2.41. The third-order valence-corrected chi connectivity index (χ3v) is 3.36. The summed E-state index contributed by atoms with van der Waals surface area (Å²) >= 11 is 0. The number of hydrogen-bond donors (Lipinski definition) is 3. The first-order chi connectivity index (χ1) is 8.87. The van der Waals surface area contributed by atoms with Crippen LogP contribution < -0.4 is 16.4 Å². The topological polar surface area (TPSA) is 79.5 Å². The fraction of sp³-hybridized carbons (Fsp3) is 0.857. The molecular weight excluding hydrogens is 240 g/mol. The van der Waals surface area contributed by atoms with E-state index in [9.17, 15) is 4.79 Å². The molecule has 0 aromatic carbocycles. The van der Waals surface area contributed by atoms with Crippen LogP contribution in [0.4, 0.5) is 0 Å². The largest absolute Gasteiger partial charge is 0.369 e. The third kappa shape index (κ3) is 7.03. The first kappa shape index (κ1) is 17.7. The average molecular weight is 270 g/mol. The number of carbonyl (C=O) groups excluding carboxylic acids is 1. The van der Waals surface area contributed by atoms with Gasteiger partial charge in [0, 0.05) is 13.1 Å². The van der Waals surface area contributed by atoms with E-state index < -0.39 is 5.41 Å². The summed E-state index contributed by atoms with van der Waals surface area (Å²) < 4.78 is 0. The first-order valence-corrected chi connectivity index (χ1v) is 7.19. The van der Waals surface area contributed by atoms with E-state index in [1.54, 1.807) is 0 Å². The van der Waals surface area contributed by atoms with Crippen LogP contribution in [0.25, 0.3) is 0 Å². The quantitative estimate of drug-likeness (QED) is 0.462. The van der Waals surface area contributed by atoms with Crippen LogP contribution in [0.5, 0.6) is 0 Å². The van der Waals surface area contributed by atoms with E-state index in [-0.39, 0.29) is 5.91 Å². The van der Waals surface area contributed by atoms with Crippen LogP contribution in [0.15, 0.2) is 4.99 Å². The third-order valence-electron chi connectivity index (χ3n) is 3.36. The molecule has 4 N–H and O–H groups in total. The number of nitrogens with two attached hydrogens (primary N) is 1. The van der Waals surface area contributed by atoms with Gasteiger partial charge in [0.25, 0.3) is 0 Å². The second kappa shape index (κ2) is 8.77. The van der Waals surface area contributed by atoms with Crippen LogP contribution in [0.3, 0.4) is 0 Å². The summed E-state index contributed by atoms with van der Waals surface area (Å²) in [6.07, 6.45) is 2.30. The van der Waals surface area contributed by atoms with Crippen LogP contribution in [-0.4, -0.2) is 31.5 Å². The fourth-order valence-electron chi connectivity index (χ4n) is 1.51. The number of primary amides is 1. The van der Waals surface area contributed by atoms with Gasteiger partial charge < -0.3 is 16.4 Å². The molecule has 0 aliphatic carbocycles. The molecule has 0 aromatic rings. The van der Waals surface area contributed by atoms with Gasteiger partial charge in [-0.15, -0.1) is 0 Å². The number of aliphatic imine (C=N–C) groups is 1. The Bertz CT molecular complexity index is 296. The zero-order valence-corrected chi connectivity index (χ0v) is 13.0. The number of amides is 1. The van der Waals surface area contributed by atoms with Crippen molar-refractivity contribution in [3.63, 3.8) is 0 Å². The van der Waals surface area contributed by atoms with Crippen molar-refractivity contribution < 1.29 is 4.79 Å². The molecule has 0 fully saturated rings. The maximum Gasteiger partial charge on any atom is 0.224 e. The highest BCUT2D eigenvalue weighted by molar-refractivity contribution is 5.82. The average Bonchev–Trinajstić information content (AvgIpc) is 2.36. The standard InChI is InChI=1S/C14H30N4O/c1-6-11(7-2)9-17-13(16-8-3)18-10-14(4,5)12(15)19/h11H,6-10H2,1-5H3,(H2,15,19)(H2,16,17,18). The van der Waals surface area contributed by atoms with Crippen molar-refractivity contribution in [2.75, 3.05) is 19.6 Å². The van der Waals surface area contributed by atoms with Gasteiger partial charge in [0.1, 0.15) is 0 Å². The minimum absolute atomic E-state index is 0.327. The normalized spacial score (nSPS) is 12.6. The molecular formula is C14H30N4O. The number of nitrogens with one attached hydrogen (secondary N) is 2. The lowest BCUT2D eigenvalue weighted by Gasteiger charge is -2.20. The molecule has 0 aromatic heterocycles. The zero-order chi connectivity index (χ0) is 14.9. The van der Waals surface area contributed by atoms with Gasteiger partial charge in [-0.1, -0.05) is 26.7 Å². The number of carbonyl (C=O) groups is 1. The molecule has 112 valence electrons. The summed E-state index contributed by atoms with van der Waals surface area (Å²) in [5.74, 6) is 1.07. The van der Waals surface area contributed by atoms with Crippen LogP contribution in [0, 0.1) is 11.3 Å². The van der Waals surface area contributed by atoms with Gasteiger partial charge in [-0.05, 0) is 26.7 Å². The zero-order valence-electron chi connectivity index (χ0n) is 13.0. The van der Waals surface area contributed by atoms with Crippen molar-refractivity contribution in [3.05, 3.63) is 0 Å². The van der Waals surface area contributed by atoms with Crippen LogP contribution in [-0.2, 0) is 4.79 Å². The second-order valence-corrected chi connectivity index (χ2v) is 5.51. The van der Waals surface area contributed by atoms with E-state index in [0.717, 1.165) is 31.9 Å². The van der Waals surface area contributed by atoms with E-state index in [0.29, 0.717) is 12.5 Å². The molecule has 0 heterocycles. The summed E-state index contributed by atoms with van der Waals surface area (Å²) in [6, 6.07) is 0. The monoisotopic (exact) mass is 270 g/mol. The second-order valence-electron chi connectivity index (χ2n) is 5.51. The molecule has 0 rings (SSSR count). The Labute approximate surface area is 117 Å². The number of rotatable bonds is 8. The molecule has 0 saturated carbocycles. The van der Waals surface area contributed by atoms with Crippen molar-refractivity contribution in [1.82, 2.24) is 10.6 Å². The Morgan fingerprint density at radius 2 is 1.79 bits per heavy atom. The molecule has 5 nitrogen and oxygen atoms in total. The van der Waals surface area contributed by atoms with E-state index in [2.05, 4.69) is 29.5 Å². The van der Waals surface area contributed by atoms with Crippen molar-refractivity contribution in [3.8, 4) is 0 Å². The smallest absolute Gasteiger partial charge is 0.224 e. The molecule has 0 spiro atoms. The number of nitrogens with zero attached hydrogens (tertiary/aromatic N) is 1. The van der Waals surface area contributed by atoms with Gasteiger partial charge in [0.2, 0.25) is 5.91 Å².